The number of hydrogen-bond donors (Lipinski definition) is 2. The first-order valence-electron chi connectivity index (χ1n) is 7.64. The van der Waals surface area contributed by atoms with Gasteiger partial charge in [-0.05, 0) is 12.1 Å². The van der Waals surface area contributed by atoms with Gasteiger partial charge in [0.1, 0.15) is 0 Å². The Kier molecular flexibility index (Phi) is 4.38. The predicted molar refractivity (Wildman–Crippen MR) is 86.0 cm³/mol. The summed E-state index contributed by atoms with van der Waals surface area (Å²) in [5, 5.41) is 6.62. The minimum atomic E-state index is 0.197. The third-order valence-electron chi connectivity index (χ3n) is 3.82. The van der Waals surface area contributed by atoms with Gasteiger partial charge in [0.2, 0.25) is 0 Å². The van der Waals surface area contributed by atoms with Gasteiger partial charge in [0, 0.05) is 37.2 Å². The van der Waals surface area contributed by atoms with Crippen molar-refractivity contribution in [1.82, 2.24) is 5.32 Å². The van der Waals surface area contributed by atoms with Crippen LogP contribution in [0.5, 0.6) is 11.5 Å². The summed E-state index contributed by atoms with van der Waals surface area (Å²) in [4.78, 5) is 4.26. The minimum absolute atomic E-state index is 0.197. The summed E-state index contributed by atoms with van der Waals surface area (Å²) in [6.07, 6.45) is 0.904. The van der Waals surface area contributed by atoms with Crippen LogP contribution in [0, 0.1) is 5.41 Å². The molecule has 2 aliphatic heterocycles. The molecule has 1 aromatic carbocycles. The zero-order valence-corrected chi connectivity index (χ0v) is 13.1. The van der Waals surface area contributed by atoms with E-state index < -0.39 is 0 Å². The highest BCUT2D eigenvalue weighted by molar-refractivity contribution is 5.93. The van der Waals surface area contributed by atoms with Crippen LogP contribution in [0.4, 0.5) is 5.69 Å². The fraction of sp³-hybridized carbons (Fsp3) is 0.562. The van der Waals surface area contributed by atoms with Crippen LogP contribution >= 0.6 is 0 Å². The van der Waals surface area contributed by atoms with Crippen molar-refractivity contribution in [2.24, 2.45) is 10.4 Å². The first-order valence-corrected chi connectivity index (χ1v) is 7.64. The van der Waals surface area contributed by atoms with Crippen LogP contribution < -0.4 is 20.1 Å². The van der Waals surface area contributed by atoms with Crippen molar-refractivity contribution in [2.45, 2.75) is 13.3 Å². The molecule has 2 heterocycles. The third kappa shape index (κ3) is 3.44. The molecule has 6 heteroatoms. The second kappa shape index (κ2) is 6.44. The van der Waals surface area contributed by atoms with Crippen molar-refractivity contribution in [2.75, 3.05) is 45.3 Å². The molecule has 1 saturated heterocycles. The maximum atomic E-state index is 5.70. The normalized spacial score (nSPS) is 19.8. The Labute approximate surface area is 130 Å². The molecule has 2 N–H and O–H groups in total. The second-order valence-electron chi connectivity index (χ2n) is 6.07. The Morgan fingerprint density at radius 1 is 1.23 bits per heavy atom. The fourth-order valence-corrected chi connectivity index (χ4v) is 2.41. The topological polar surface area (TPSA) is 64.1 Å². The van der Waals surface area contributed by atoms with Gasteiger partial charge in [-0.1, -0.05) is 6.92 Å². The van der Waals surface area contributed by atoms with E-state index in [1.54, 1.807) is 7.05 Å². The second-order valence-corrected chi connectivity index (χ2v) is 6.07. The highest BCUT2D eigenvalue weighted by Gasteiger charge is 2.33. The Hall–Kier alpha value is -1.95. The van der Waals surface area contributed by atoms with Crippen LogP contribution in [0.25, 0.3) is 0 Å². The van der Waals surface area contributed by atoms with E-state index in [1.165, 1.54) is 0 Å². The predicted octanol–water partition coefficient (Wildman–Crippen LogP) is 1.87. The Morgan fingerprint density at radius 3 is 2.68 bits per heavy atom. The lowest BCUT2D eigenvalue weighted by Gasteiger charge is -2.38. The number of rotatable bonds is 3. The highest BCUT2D eigenvalue weighted by atomic mass is 16.5. The lowest BCUT2D eigenvalue weighted by atomic mass is 9.89. The summed E-state index contributed by atoms with van der Waals surface area (Å²) in [5.41, 5.74) is 1.12. The van der Waals surface area contributed by atoms with E-state index >= 15 is 0 Å². The molecule has 0 aromatic heterocycles. The lowest BCUT2D eigenvalue weighted by molar-refractivity contribution is -0.0970. The maximum absolute atomic E-state index is 5.70. The minimum Gasteiger partial charge on any atom is -0.490 e. The molecular weight excluding hydrogens is 282 g/mol. The van der Waals surface area contributed by atoms with Gasteiger partial charge in [0.15, 0.2) is 17.5 Å². The Bertz CT molecular complexity index is 556. The first kappa shape index (κ1) is 15.0. The number of benzene rings is 1. The van der Waals surface area contributed by atoms with Crippen molar-refractivity contribution >= 4 is 11.6 Å². The van der Waals surface area contributed by atoms with Crippen LogP contribution in [0.15, 0.2) is 23.2 Å². The Morgan fingerprint density at radius 2 is 2.00 bits per heavy atom. The zero-order valence-electron chi connectivity index (χ0n) is 13.1. The molecule has 0 amide bonds. The summed E-state index contributed by atoms with van der Waals surface area (Å²) in [5.74, 6) is 2.31. The molecule has 120 valence electrons. The number of hydrogen-bond acceptors (Lipinski definition) is 4. The molecular formula is C16H23N3O3. The van der Waals surface area contributed by atoms with Crippen LogP contribution in [0.2, 0.25) is 0 Å². The SMILES string of the molecule is CN=C(NCC1(C)COC1)Nc1ccc2c(c1)OCCCO2. The number of anilines is 1. The van der Waals surface area contributed by atoms with E-state index in [9.17, 15) is 0 Å². The van der Waals surface area contributed by atoms with E-state index in [1.807, 2.05) is 18.2 Å². The van der Waals surface area contributed by atoms with Crippen LogP contribution in [-0.4, -0.2) is 46.0 Å². The van der Waals surface area contributed by atoms with E-state index in [-0.39, 0.29) is 5.41 Å². The molecule has 0 atom stereocenters. The molecule has 0 aliphatic carbocycles. The molecule has 0 bridgehead atoms. The summed E-state index contributed by atoms with van der Waals surface area (Å²) < 4.78 is 16.6. The summed E-state index contributed by atoms with van der Waals surface area (Å²) in [6.45, 7) is 6.00. The first-order chi connectivity index (χ1) is 10.7. The highest BCUT2D eigenvalue weighted by Crippen LogP contribution is 2.32. The van der Waals surface area contributed by atoms with Crippen molar-refractivity contribution in [3.63, 3.8) is 0 Å². The number of nitrogens with zero attached hydrogens (tertiary/aromatic N) is 1. The number of aliphatic imine (C=N–C) groups is 1. The van der Waals surface area contributed by atoms with Crippen LogP contribution in [0.3, 0.4) is 0 Å². The molecule has 0 unspecified atom stereocenters. The van der Waals surface area contributed by atoms with Gasteiger partial charge in [0.05, 0.1) is 26.4 Å². The molecule has 1 fully saturated rings. The molecule has 0 saturated carbocycles. The van der Waals surface area contributed by atoms with E-state index in [0.717, 1.165) is 49.3 Å². The zero-order chi connectivity index (χ0) is 15.4. The quantitative estimate of drug-likeness (QED) is 0.659. The maximum Gasteiger partial charge on any atom is 0.195 e. The molecule has 3 rings (SSSR count). The number of fused-ring (bicyclic) bond motifs is 1. The van der Waals surface area contributed by atoms with Crippen molar-refractivity contribution in [1.29, 1.82) is 0 Å². The molecule has 1 aromatic rings. The van der Waals surface area contributed by atoms with E-state index in [4.69, 9.17) is 14.2 Å². The fourth-order valence-electron chi connectivity index (χ4n) is 2.41. The summed E-state index contributed by atoms with van der Waals surface area (Å²) >= 11 is 0. The third-order valence-corrected chi connectivity index (χ3v) is 3.82. The largest absolute Gasteiger partial charge is 0.490 e. The lowest BCUT2D eigenvalue weighted by Crippen LogP contribution is -2.49. The van der Waals surface area contributed by atoms with Gasteiger partial charge < -0.3 is 24.8 Å². The number of nitrogens with one attached hydrogen (secondary N) is 2. The van der Waals surface area contributed by atoms with Crippen LogP contribution in [0.1, 0.15) is 13.3 Å². The van der Waals surface area contributed by atoms with Crippen molar-refractivity contribution in [3.8, 4) is 11.5 Å². The van der Waals surface area contributed by atoms with E-state index in [0.29, 0.717) is 13.2 Å². The molecule has 22 heavy (non-hydrogen) atoms. The monoisotopic (exact) mass is 305 g/mol. The molecule has 0 radical (unpaired) electrons. The average molecular weight is 305 g/mol. The van der Waals surface area contributed by atoms with Gasteiger partial charge in [-0.2, -0.15) is 0 Å². The van der Waals surface area contributed by atoms with Gasteiger partial charge in [-0.25, -0.2) is 0 Å². The van der Waals surface area contributed by atoms with Gasteiger partial charge in [0.25, 0.3) is 0 Å². The molecule has 0 spiro atoms. The van der Waals surface area contributed by atoms with Gasteiger partial charge in [-0.3, -0.25) is 4.99 Å². The summed E-state index contributed by atoms with van der Waals surface area (Å²) in [7, 11) is 1.76. The molecule has 6 nitrogen and oxygen atoms in total. The number of guanidine groups is 1. The van der Waals surface area contributed by atoms with Crippen molar-refractivity contribution < 1.29 is 14.2 Å². The summed E-state index contributed by atoms with van der Waals surface area (Å²) in [6, 6.07) is 5.84. The smallest absolute Gasteiger partial charge is 0.195 e. The standard InChI is InChI=1S/C16H23N3O3/c1-16(10-20-11-16)9-18-15(17-2)19-12-4-5-13-14(8-12)22-7-3-6-21-13/h4-5,8H,3,6-7,9-11H2,1-2H3,(H2,17,18,19). The van der Waals surface area contributed by atoms with Crippen molar-refractivity contribution in [3.05, 3.63) is 18.2 Å². The van der Waals surface area contributed by atoms with Gasteiger partial charge >= 0.3 is 0 Å². The number of ether oxygens (including phenoxy) is 3. The van der Waals surface area contributed by atoms with Crippen LogP contribution in [-0.2, 0) is 4.74 Å². The Balaban J connectivity index is 1.62. The average Bonchev–Trinajstić information content (AvgIpc) is 2.74. The van der Waals surface area contributed by atoms with Gasteiger partial charge in [-0.15, -0.1) is 0 Å². The molecule has 2 aliphatic rings. The van der Waals surface area contributed by atoms with E-state index in [2.05, 4.69) is 22.5 Å².